The third-order valence-corrected chi connectivity index (χ3v) is 9.67. The first-order chi connectivity index (χ1) is 19.6. The molecule has 0 bridgehead atoms. The van der Waals surface area contributed by atoms with E-state index in [-0.39, 0.29) is 25.7 Å². The summed E-state index contributed by atoms with van der Waals surface area (Å²) in [6, 6.07) is 21.4. The molecule has 0 aromatic heterocycles. The Bertz CT molecular complexity index is 1570. The number of benzene rings is 3. The molecule has 0 saturated carbocycles. The fourth-order valence-corrected chi connectivity index (χ4v) is 7.06. The van der Waals surface area contributed by atoms with Gasteiger partial charge in [0, 0.05) is 30.0 Å². The Morgan fingerprint density at radius 2 is 1.63 bits per heavy atom. The van der Waals surface area contributed by atoms with Gasteiger partial charge >= 0.3 is 7.60 Å². The maximum Gasteiger partial charge on any atom is 0.361 e. The molecule has 0 saturated heterocycles. The summed E-state index contributed by atoms with van der Waals surface area (Å²) < 4.78 is 50.7. The number of amides is 1. The highest BCUT2D eigenvalue weighted by molar-refractivity contribution is 7.92. The Balaban J connectivity index is 1.80. The number of nitrogens with zero attached hydrogens (tertiary/aromatic N) is 1. The van der Waals surface area contributed by atoms with E-state index in [2.05, 4.69) is 16.0 Å². The summed E-state index contributed by atoms with van der Waals surface area (Å²) in [7, 11) is -5.31. The minimum atomic E-state index is -3.60. The van der Waals surface area contributed by atoms with Crippen LogP contribution in [-0.4, -0.2) is 53.9 Å². The molecule has 3 N–H and O–H groups in total. The van der Waals surface area contributed by atoms with Crippen LogP contribution in [0, 0.1) is 0 Å². The third kappa shape index (κ3) is 6.89. The zero-order valence-corrected chi connectivity index (χ0v) is 25.2. The van der Waals surface area contributed by atoms with Gasteiger partial charge in [0.15, 0.2) is 0 Å². The molecule has 0 unspecified atom stereocenters. The van der Waals surface area contributed by atoms with Crippen LogP contribution < -0.4 is 25.6 Å². The van der Waals surface area contributed by atoms with E-state index in [1.54, 1.807) is 63.4 Å². The lowest BCUT2D eigenvalue weighted by Gasteiger charge is -2.23. The van der Waals surface area contributed by atoms with E-state index in [9.17, 15) is 17.8 Å². The van der Waals surface area contributed by atoms with E-state index in [4.69, 9.17) is 9.05 Å². The van der Waals surface area contributed by atoms with E-state index >= 15 is 0 Å². The number of nitrogens with one attached hydrogen (secondary N) is 3. The molecule has 3 aromatic carbocycles. The fraction of sp³-hybridized carbons (Fsp3) is 0.276. The topological polar surface area (TPSA) is 126 Å². The third-order valence-electron chi connectivity index (χ3n) is 6.36. The van der Waals surface area contributed by atoms with Crippen molar-refractivity contribution in [3.63, 3.8) is 0 Å². The molecule has 0 atom stereocenters. The maximum atomic E-state index is 13.5. The number of hydrogen-bond acceptors (Lipinski definition) is 8. The molecule has 0 fully saturated rings. The Morgan fingerprint density at radius 3 is 2.22 bits per heavy atom. The average Bonchev–Trinajstić information content (AvgIpc) is 3.27. The summed E-state index contributed by atoms with van der Waals surface area (Å²) in [6.45, 7) is 4.67. The van der Waals surface area contributed by atoms with Gasteiger partial charge in [0.2, 0.25) is 10.0 Å². The van der Waals surface area contributed by atoms with E-state index in [1.165, 1.54) is 10.6 Å². The van der Waals surface area contributed by atoms with Crippen molar-refractivity contribution in [3.05, 3.63) is 83.9 Å². The van der Waals surface area contributed by atoms with Gasteiger partial charge in [-0.15, -0.1) is 0 Å². The zero-order valence-electron chi connectivity index (χ0n) is 23.5. The first-order valence-electron chi connectivity index (χ1n) is 13.3. The number of likely N-dealkylation sites (N-methyl/N-ethyl adjacent to an activating group) is 1. The van der Waals surface area contributed by atoms with E-state index < -0.39 is 17.6 Å². The fourth-order valence-electron chi connectivity index (χ4n) is 4.54. The summed E-state index contributed by atoms with van der Waals surface area (Å²) in [5, 5.41) is 9.60. The van der Waals surface area contributed by atoms with E-state index in [0.29, 0.717) is 45.7 Å². The molecule has 0 aliphatic carbocycles. The summed E-state index contributed by atoms with van der Waals surface area (Å²) in [6.07, 6.45) is 1.17. The van der Waals surface area contributed by atoms with Crippen molar-refractivity contribution < 1.29 is 26.8 Å². The van der Waals surface area contributed by atoms with Gasteiger partial charge in [-0.3, -0.25) is 13.7 Å². The van der Waals surface area contributed by atoms with Crippen LogP contribution >= 0.6 is 7.60 Å². The van der Waals surface area contributed by atoms with Gasteiger partial charge < -0.3 is 25.0 Å². The Morgan fingerprint density at radius 1 is 0.976 bits per heavy atom. The van der Waals surface area contributed by atoms with Gasteiger partial charge in [-0.05, 0) is 68.9 Å². The predicted octanol–water partition coefficient (Wildman–Crippen LogP) is 4.50. The Labute approximate surface area is 241 Å². The summed E-state index contributed by atoms with van der Waals surface area (Å²) in [5.74, 6) is -0.321. The van der Waals surface area contributed by atoms with Crippen LogP contribution in [0.3, 0.4) is 0 Å². The SMILES string of the molecule is CCOP(=O)(OCC)c1ccc2c(c1)/C(=C(/Nc1ccc(N(CCNC)S(C)(=O)=O)cc1)c1ccccc1)C(=O)N2. The van der Waals surface area contributed by atoms with Crippen molar-refractivity contribution in [3.8, 4) is 0 Å². The lowest BCUT2D eigenvalue weighted by atomic mass is 10.00. The molecule has 1 aliphatic rings. The summed E-state index contributed by atoms with van der Waals surface area (Å²) in [5.41, 5.74) is 3.96. The van der Waals surface area contributed by atoms with Crippen LogP contribution in [0.2, 0.25) is 0 Å². The molecular formula is C29H35N4O6PS. The number of anilines is 3. The van der Waals surface area contributed by atoms with Crippen LogP contribution in [0.25, 0.3) is 11.3 Å². The highest BCUT2D eigenvalue weighted by Gasteiger charge is 2.33. The number of hydrogen-bond donors (Lipinski definition) is 3. The van der Waals surface area contributed by atoms with Gasteiger partial charge in [0.05, 0.1) is 41.7 Å². The lowest BCUT2D eigenvalue weighted by molar-refractivity contribution is -0.110. The molecule has 3 aromatic rings. The van der Waals surface area contributed by atoms with Crippen molar-refractivity contribution in [1.29, 1.82) is 0 Å². The largest absolute Gasteiger partial charge is 0.361 e. The molecular weight excluding hydrogens is 563 g/mol. The van der Waals surface area contributed by atoms with Gasteiger partial charge in [-0.25, -0.2) is 8.42 Å². The summed E-state index contributed by atoms with van der Waals surface area (Å²) in [4.78, 5) is 13.4. The normalized spacial score (nSPS) is 14.4. The minimum Gasteiger partial charge on any atom is -0.354 e. The Hall–Kier alpha value is -3.47. The van der Waals surface area contributed by atoms with Crippen molar-refractivity contribution in [2.45, 2.75) is 13.8 Å². The van der Waals surface area contributed by atoms with Crippen LogP contribution in [-0.2, 0) is 28.4 Å². The Kier molecular flexibility index (Phi) is 9.68. The maximum absolute atomic E-state index is 13.5. The van der Waals surface area contributed by atoms with Gasteiger partial charge in [-0.2, -0.15) is 0 Å². The van der Waals surface area contributed by atoms with Crippen LogP contribution in [0.1, 0.15) is 25.0 Å². The van der Waals surface area contributed by atoms with E-state index in [0.717, 1.165) is 5.56 Å². The smallest absolute Gasteiger partial charge is 0.354 e. The molecule has 4 rings (SSSR count). The van der Waals surface area contributed by atoms with Crippen LogP contribution in [0.4, 0.5) is 17.1 Å². The number of sulfonamides is 1. The van der Waals surface area contributed by atoms with Gasteiger partial charge in [-0.1, -0.05) is 30.3 Å². The standard InChI is InChI=1S/C29H35N4O6PS/c1-5-38-40(35,39-6-2)24-16-17-26-25(20-24)27(29(34)32-26)28(21-10-8-7-9-11-21)31-22-12-14-23(15-13-22)33(19-18-30-3)41(4,36)37/h7-17,20,30-31H,5-6,18-19H2,1-4H3,(H,32,34)/b28-27-. The molecule has 1 aliphatic heterocycles. The zero-order chi connectivity index (χ0) is 29.6. The highest BCUT2D eigenvalue weighted by atomic mass is 32.2. The highest BCUT2D eigenvalue weighted by Crippen LogP contribution is 2.48. The van der Waals surface area contributed by atoms with Gasteiger partial charge in [0.25, 0.3) is 5.91 Å². The quantitative estimate of drug-likeness (QED) is 0.194. The predicted molar refractivity (Wildman–Crippen MR) is 165 cm³/mol. The number of rotatable bonds is 13. The second-order valence-corrected chi connectivity index (χ2v) is 13.2. The number of carbonyl (C=O) groups is 1. The van der Waals surface area contributed by atoms with Crippen LogP contribution in [0.15, 0.2) is 72.8 Å². The second-order valence-electron chi connectivity index (χ2n) is 9.24. The van der Waals surface area contributed by atoms with Gasteiger partial charge in [0.1, 0.15) is 0 Å². The molecule has 1 heterocycles. The lowest BCUT2D eigenvalue weighted by Crippen LogP contribution is -2.35. The minimum absolute atomic E-state index is 0.201. The van der Waals surface area contributed by atoms with Crippen molar-refractivity contribution in [2.24, 2.45) is 0 Å². The molecule has 12 heteroatoms. The van der Waals surface area contributed by atoms with E-state index in [1.807, 2.05) is 30.3 Å². The van der Waals surface area contributed by atoms with Crippen molar-refractivity contribution in [2.75, 3.05) is 54.5 Å². The van der Waals surface area contributed by atoms with Crippen molar-refractivity contribution in [1.82, 2.24) is 5.32 Å². The molecule has 41 heavy (non-hydrogen) atoms. The first-order valence-corrected chi connectivity index (χ1v) is 16.6. The molecule has 0 spiro atoms. The van der Waals surface area contributed by atoms with Crippen molar-refractivity contribution >= 4 is 57.2 Å². The molecule has 0 radical (unpaired) electrons. The molecule has 218 valence electrons. The monoisotopic (exact) mass is 598 g/mol. The molecule has 1 amide bonds. The second kappa shape index (κ2) is 13.0. The molecule has 10 nitrogen and oxygen atoms in total. The van der Waals surface area contributed by atoms with Crippen LogP contribution in [0.5, 0.6) is 0 Å². The number of carbonyl (C=O) groups excluding carboxylic acids is 1. The first kappa shape index (κ1) is 30.5. The average molecular weight is 599 g/mol. The number of fused-ring (bicyclic) bond motifs is 1. The summed E-state index contributed by atoms with van der Waals surface area (Å²) >= 11 is 0.